The normalized spacial score (nSPS) is 19.1. The Hall–Kier alpha value is -2.44. The number of hydrogen-bond donors (Lipinski definition) is 2. The fourth-order valence-corrected chi connectivity index (χ4v) is 3.28. The van der Waals surface area contributed by atoms with Crippen molar-refractivity contribution in [2.45, 2.75) is 31.5 Å². The molecule has 1 amide bonds. The number of β-amino-alcohol motifs (C(OH)–C–C–N with tert-alkyl or cyclic N) is 1. The number of hydrogen-bond acceptors (Lipinski definition) is 4. The Morgan fingerprint density at radius 3 is 2.63 bits per heavy atom. The second-order valence-corrected chi connectivity index (χ2v) is 6.80. The molecule has 0 bridgehead atoms. The molecule has 0 spiro atoms. The highest BCUT2D eigenvalue weighted by Gasteiger charge is 2.31. The molecular weight excluding hydrogens is 347 g/mol. The van der Waals surface area contributed by atoms with E-state index in [-0.39, 0.29) is 18.3 Å². The Labute approximate surface area is 158 Å². The summed E-state index contributed by atoms with van der Waals surface area (Å²) in [7, 11) is 1.62. The van der Waals surface area contributed by atoms with Crippen molar-refractivity contribution >= 4 is 5.91 Å². The van der Waals surface area contributed by atoms with Gasteiger partial charge in [0.15, 0.2) is 0 Å². The average molecular weight is 372 g/mol. The van der Waals surface area contributed by atoms with Crippen LogP contribution < -0.4 is 10.1 Å². The number of ether oxygens (including phenoxy) is 1. The van der Waals surface area contributed by atoms with Crippen LogP contribution in [0.25, 0.3) is 0 Å². The monoisotopic (exact) mass is 372 g/mol. The molecule has 0 radical (unpaired) electrons. The minimum Gasteiger partial charge on any atom is -0.497 e. The van der Waals surface area contributed by atoms with Gasteiger partial charge in [-0.05, 0) is 36.6 Å². The summed E-state index contributed by atoms with van der Waals surface area (Å²) in [4.78, 5) is 14.6. The fraction of sp³-hybridized carbons (Fsp3) is 0.381. The highest BCUT2D eigenvalue weighted by Crippen LogP contribution is 2.17. The number of rotatable bonds is 7. The number of amides is 1. The Balaban J connectivity index is 1.72. The van der Waals surface area contributed by atoms with E-state index in [1.54, 1.807) is 30.2 Å². The first kappa shape index (κ1) is 19.3. The van der Waals surface area contributed by atoms with Crippen molar-refractivity contribution in [2.24, 2.45) is 0 Å². The van der Waals surface area contributed by atoms with Gasteiger partial charge in [0.2, 0.25) is 5.91 Å². The Morgan fingerprint density at radius 1 is 1.26 bits per heavy atom. The van der Waals surface area contributed by atoms with Crippen molar-refractivity contribution in [3.05, 3.63) is 65.5 Å². The van der Waals surface area contributed by atoms with Crippen LogP contribution in [0.3, 0.4) is 0 Å². The predicted octanol–water partition coefficient (Wildman–Crippen LogP) is 2.13. The van der Waals surface area contributed by atoms with Gasteiger partial charge in [-0.25, -0.2) is 4.39 Å². The number of halogens is 1. The van der Waals surface area contributed by atoms with Crippen LogP contribution in [0.2, 0.25) is 0 Å². The van der Waals surface area contributed by atoms with Crippen LogP contribution in [0, 0.1) is 5.82 Å². The van der Waals surface area contributed by atoms with Crippen molar-refractivity contribution in [1.82, 2.24) is 10.2 Å². The van der Waals surface area contributed by atoms with Crippen molar-refractivity contribution in [3.8, 4) is 5.75 Å². The molecule has 2 aromatic carbocycles. The van der Waals surface area contributed by atoms with Gasteiger partial charge in [0.05, 0.1) is 19.3 Å². The molecule has 1 saturated heterocycles. The van der Waals surface area contributed by atoms with Gasteiger partial charge in [-0.15, -0.1) is 0 Å². The van der Waals surface area contributed by atoms with Crippen LogP contribution in [-0.4, -0.2) is 48.3 Å². The second-order valence-electron chi connectivity index (χ2n) is 6.80. The smallest absolute Gasteiger partial charge is 0.240 e. The van der Waals surface area contributed by atoms with Crippen molar-refractivity contribution in [2.75, 3.05) is 20.2 Å². The molecule has 2 aromatic rings. The molecule has 2 atom stereocenters. The maximum Gasteiger partial charge on any atom is 0.240 e. The number of benzene rings is 2. The maximum atomic E-state index is 14.1. The van der Waals surface area contributed by atoms with E-state index in [9.17, 15) is 14.3 Å². The van der Waals surface area contributed by atoms with E-state index in [1.165, 1.54) is 6.07 Å². The van der Waals surface area contributed by atoms with E-state index in [1.807, 2.05) is 24.3 Å². The minimum absolute atomic E-state index is 0.108. The lowest BCUT2D eigenvalue weighted by Crippen LogP contribution is -2.44. The molecule has 0 aliphatic carbocycles. The molecule has 27 heavy (non-hydrogen) atoms. The molecule has 3 rings (SSSR count). The third-order valence-electron chi connectivity index (χ3n) is 4.87. The molecule has 1 aliphatic rings. The van der Waals surface area contributed by atoms with E-state index in [0.717, 1.165) is 11.3 Å². The van der Waals surface area contributed by atoms with Crippen molar-refractivity contribution in [3.63, 3.8) is 0 Å². The largest absolute Gasteiger partial charge is 0.497 e. The van der Waals surface area contributed by atoms with Gasteiger partial charge in [0, 0.05) is 25.2 Å². The van der Waals surface area contributed by atoms with E-state index in [4.69, 9.17) is 4.74 Å². The molecule has 0 saturated carbocycles. The van der Waals surface area contributed by atoms with Gasteiger partial charge >= 0.3 is 0 Å². The lowest BCUT2D eigenvalue weighted by atomic mass is 10.1. The van der Waals surface area contributed by atoms with Crippen LogP contribution in [0.4, 0.5) is 4.39 Å². The predicted molar refractivity (Wildman–Crippen MR) is 101 cm³/mol. The molecule has 6 heteroatoms. The van der Waals surface area contributed by atoms with Crippen molar-refractivity contribution in [1.29, 1.82) is 0 Å². The third-order valence-corrected chi connectivity index (χ3v) is 4.87. The summed E-state index contributed by atoms with van der Waals surface area (Å²) in [5.41, 5.74) is 1.56. The lowest BCUT2D eigenvalue weighted by Gasteiger charge is -2.26. The highest BCUT2D eigenvalue weighted by atomic mass is 19.1. The van der Waals surface area contributed by atoms with Crippen LogP contribution in [0.1, 0.15) is 17.5 Å². The summed E-state index contributed by atoms with van der Waals surface area (Å²) < 4.78 is 19.3. The number of methoxy groups -OCH3 is 1. The van der Waals surface area contributed by atoms with Gasteiger partial charge < -0.3 is 20.1 Å². The van der Waals surface area contributed by atoms with E-state index >= 15 is 0 Å². The summed E-state index contributed by atoms with van der Waals surface area (Å²) in [6.45, 7) is 1.08. The summed E-state index contributed by atoms with van der Waals surface area (Å²) in [6.07, 6.45) is 0.519. The average Bonchev–Trinajstić information content (AvgIpc) is 3.12. The van der Waals surface area contributed by atoms with Crippen LogP contribution in [-0.2, 0) is 17.8 Å². The molecule has 0 aromatic heterocycles. The Bertz CT molecular complexity index is 766. The molecule has 1 fully saturated rings. The quantitative estimate of drug-likeness (QED) is 0.782. The lowest BCUT2D eigenvalue weighted by molar-refractivity contribution is -0.133. The molecule has 0 unspecified atom stereocenters. The van der Waals surface area contributed by atoms with E-state index in [0.29, 0.717) is 31.5 Å². The number of nitrogens with one attached hydrogen (secondary N) is 1. The molecule has 1 aliphatic heterocycles. The summed E-state index contributed by atoms with van der Waals surface area (Å²) in [5.74, 6) is 0.352. The molecule has 2 N–H and O–H groups in total. The summed E-state index contributed by atoms with van der Waals surface area (Å²) in [5, 5.41) is 12.8. The van der Waals surface area contributed by atoms with E-state index < -0.39 is 12.1 Å². The van der Waals surface area contributed by atoms with Gasteiger partial charge in [-0.3, -0.25) is 4.79 Å². The minimum atomic E-state index is -0.518. The number of carbonyl (C=O) groups is 1. The number of nitrogens with zero attached hydrogens (tertiary/aromatic N) is 1. The molecular formula is C21H25FN2O3. The van der Waals surface area contributed by atoms with Crippen molar-refractivity contribution < 1.29 is 19.0 Å². The topological polar surface area (TPSA) is 61.8 Å². The first-order chi connectivity index (χ1) is 13.1. The summed E-state index contributed by atoms with van der Waals surface area (Å²) >= 11 is 0. The summed E-state index contributed by atoms with van der Waals surface area (Å²) in [6, 6.07) is 13.8. The Morgan fingerprint density at radius 2 is 2.00 bits per heavy atom. The first-order valence-corrected chi connectivity index (χ1v) is 9.13. The first-order valence-electron chi connectivity index (χ1n) is 9.13. The molecule has 144 valence electrons. The molecule has 1 heterocycles. The van der Waals surface area contributed by atoms with Gasteiger partial charge in [-0.1, -0.05) is 30.3 Å². The number of aliphatic hydroxyl groups is 1. The Kier molecular flexibility index (Phi) is 6.42. The van der Waals surface area contributed by atoms with Crippen LogP contribution >= 0.6 is 0 Å². The SMILES string of the molecule is COc1ccc(CCN(Cc2ccccc2F)C(=O)[C@@H]2C[C@@H](O)CN2)cc1. The van der Waals surface area contributed by atoms with Gasteiger partial charge in [0.1, 0.15) is 11.6 Å². The standard InChI is InChI=1S/C21H25FN2O3/c1-27-18-8-6-15(7-9-18)10-11-24(14-16-4-2-3-5-19(16)22)21(26)20-12-17(25)13-23-20/h2-9,17,20,23,25H,10-14H2,1H3/t17-,20+/m1/s1. The van der Waals surface area contributed by atoms with Crippen LogP contribution in [0.5, 0.6) is 5.75 Å². The van der Waals surface area contributed by atoms with E-state index in [2.05, 4.69) is 5.32 Å². The van der Waals surface area contributed by atoms with Crippen LogP contribution in [0.15, 0.2) is 48.5 Å². The molecule has 5 nitrogen and oxygen atoms in total. The van der Waals surface area contributed by atoms with Gasteiger partial charge in [0.25, 0.3) is 0 Å². The zero-order valence-electron chi connectivity index (χ0n) is 15.4. The highest BCUT2D eigenvalue weighted by molar-refractivity contribution is 5.82. The van der Waals surface area contributed by atoms with Gasteiger partial charge in [-0.2, -0.15) is 0 Å². The maximum absolute atomic E-state index is 14.1. The zero-order valence-corrected chi connectivity index (χ0v) is 15.4. The second kappa shape index (κ2) is 8.97. The zero-order chi connectivity index (χ0) is 19.2. The number of carbonyl (C=O) groups excluding carboxylic acids is 1. The third kappa shape index (κ3) is 5.05. The fourth-order valence-electron chi connectivity index (χ4n) is 3.28. The number of aliphatic hydroxyl groups excluding tert-OH is 1.